The van der Waals surface area contributed by atoms with Crippen molar-refractivity contribution in [3.8, 4) is 11.3 Å². The van der Waals surface area contributed by atoms with Crippen LogP contribution < -0.4 is 0 Å². The molecular formula is C11H6F3LiNO3. The van der Waals surface area contributed by atoms with Crippen molar-refractivity contribution in [2.75, 3.05) is 0 Å². The van der Waals surface area contributed by atoms with E-state index in [1.807, 2.05) is 0 Å². The molecule has 0 atom stereocenters. The van der Waals surface area contributed by atoms with Gasteiger partial charge in [0.15, 0.2) is 0 Å². The molecule has 0 saturated carbocycles. The molecule has 1 aromatic heterocycles. The van der Waals surface area contributed by atoms with Gasteiger partial charge in [-0.3, -0.25) is 0 Å². The zero-order valence-corrected chi connectivity index (χ0v) is 9.73. The molecule has 1 aromatic carbocycles. The summed E-state index contributed by atoms with van der Waals surface area (Å²) in [6.45, 7) is 0. The molecule has 0 aliphatic rings. The standard InChI is InChI=1S/C11H6F3NO3.Li/c12-11(13,14)7-8(6-4-2-1-3-5-6)15-18-9(7)10(16)17;/h1-5H,(H,16,17);. The number of nitrogens with zero attached hydrogens (tertiary/aromatic N) is 1. The quantitative estimate of drug-likeness (QED) is 0.847. The summed E-state index contributed by atoms with van der Waals surface area (Å²) in [6, 6.07) is 7.43. The number of benzene rings is 1. The van der Waals surface area contributed by atoms with Crippen LogP contribution in [-0.2, 0) is 6.18 Å². The predicted molar refractivity (Wildman–Crippen MR) is 59.7 cm³/mol. The van der Waals surface area contributed by atoms with E-state index in [1.165, 1.54) is 24.3 Å². The fourth-order valence-electron chi connectivity index (χ4n) is 1.49. The molecule has 0 unspecified atom stereocenters. The third-order valence-electron chi connectivity index (χ3n) is 2.22. The van der Waals surface area contributed by atoms with Crippen LogP contribution in [0.1, 0.15) is 16.1 Å². The van der Waals surface area contributed by atoms with Gasteiger partial charge < -0.3 is 9.63 Å². The van der Waals surface area contributed by atoms with Crippen molar-refractivity contribution in [3.05, 3.63) is 41.7 Å². The second-order valence-corrected chi connectivity index (χ2v) is 3.40. The van der Waals surface area contributed by atoms with Crippen molar-refractivity contribution in [1.29, 1.82) is 0 Å². The molecule has 1 heterocycles. The van der Waals surface area contributed by atoms with Crippen LogP contribution in [0.5, 0.6) is 0 Å². The van der Waals surface area contributed by atoms with Crippen molar-refractivity contribution < 1.29 is 27.6 Å². The van der Waals surface area contributed by atoms with Gasteiger partial charge in [0.2, 0.25) is 0 Å². The van der Waals surface area contributed by atoms with E-state index < -0.39 is 29.2 Å². The smallest absolute Gasteiger partial charge is 0.422 e. The van der Waals surface area contributed by atoms with Gasteiger partial charge in [-0.1, -0.05) is 35.5 Å². The molecule has 0 amide bonds. The molecule has 0 bridgehead atoms. The number of hydrogen-bond acceptors (Lipinski definition) is 3. The van der Waals surface area contributed by atoms with E-state index >= 15 is 0 Å². The van der Waals surface area contributed by atoms with Gasteiger partial charge >= 0.3 is 12.1 Å². The summed E-state index contributed by atoms with van der Waals surface area (Å²) < 4.78 is 42.7. The number of aromatic nitrogens is 1. The number of halogens is 3. The summed E-state index contributed by atoms with van der Waals surface area (Å²) in [6.07, 6.45) is -4.85. The molecule has 95 valence electrons. The molecule has 0 aliphatic carbocycles. The van der Waals surface area contributed by atoms with Gasteiger partial charge in [-0.05, 0) is 0 Å². The Labute approximate surface area is 117 Å². The van der Waals surface area contributed by atoms with Crippen LogP contribution >= 0.6 is 0 Å². The Morgan fingerprint density at radius 1 is 1.21 bits per heavy atom. The largest absolute Gasteiger partial charge is 0.475 e. The van der Waals surface area contributed by atoms with Crippen molar-refractivity contribution in [1.82, 2.24) is 5.16 Å². The van der Waals surface area contributed by atoms with E-state index in [2.05, 4.69) is 9.68 Å². The van der Waals surface area contributed by atoms with Crippen LogP contribution in [0.4, 0.5) is 13.2 Å². The third kappa shape index (κ3) is 3.00. The maximum atomic E-state index is 12.8. The van der Waals surface area contributed by atoms with Gasteiger partial charge in [0, 0.05) is 24.4 Å². The van der Waals surface area contributed by atoms with Crippen LogP contribution in [0.15, 0.2) is 34.9 Å². The van der Waals surface area contributed by atoms with Gasteiger partial charge in [0.05, 0.1) is 0 Å². The summed E-state index contributed by atoms with van der Waals surface area (Å²) in [5, 5.41) is 11.9. The number of hydrogen-bond donors (Lipinski definition) is 1. The maximum absolute atomic E-state index is 12.8. The third-order valence-corrected chi connectivity index (χ3v) is 2.22. The Bertz CT molecular complexity index is 581. The van der Waals surface area contributed by atoms with Crippen LogP contribution in [0.3, 0.4) is 0 Å². The molecule has 0 spiro atoms. The molecule has 8 heteroatoms. The number of alkyl halides is 3. The average Bonchev–Trinajstić information content (AvgIpc) is 2.74. The van der Waals surface area contributed by atoms with E-state index in [1.54, 1.807) is 6.07 Å². The van der Waals surface area contributed by atoms with Gasteiger partial charge in [-0.15, -0.1) is 0 Å². The van der Waals surface area contributed by atoms with E-state index in [0.717, 1.165) is 0 Å². The SMILES string of the molecule is O=C(O)c1onc(-c2ccccc2)c1C(F)(F)F.[Li]. The number of carboxylic acids is 1. The number of aromatic carboxylic acids is 1. The zero-order chi connectivity index (χ0) is 13.3. The van der Waals surface area contributed by atoms with Crippen LogP contribution in [0.25, 0.3) is 11.3 Å². The Morgan fingerprint density at radius 2 is 1.79 bits per heavy atom. The molecule has 0 fully saturated rings. The monoisotopic (exact) mass is 264 g/mol. The van der Waals surface area contributed by atoms with Crippen molar-refractivity contribution in [3.63, 3.8) is 0 Å². The second kappa shape index (κ2) is 5.51. The molecule has 0 saturated heterocycles. The Hall–Kier alpha value is -1.71. The minimum atomic E-state index is -4.85. The van der Waals surface area contributed by atoms with Crippen LogP contribution in [0, 0.1) is 0 Å². The van der Waals surface area contributed by atoms with Crippen LogP contribution in [0.2, 0.25) is 0 Å². The van der Waals surface area contributed by atoms with Crippen molar-refractivity contribution >= 4 is 24.8 Å². The number of rotatable bonds is 2. The molecule has 1 N–H and O–H groups in total. The van der Waals surface area contributed by atoms with E-state index in [9.17, 15) is 18.0 Å². The van der Waals surface area contributed by atoms with Gasteiger partial charge in [-0.2, -0.15) is 13.2 Å². The summed E-state index contributed by atoms with van der Waals surface area (Å²) in [5.41, 5.74) is -1.76. The molecule has 0 aliphatic heterocycles. The van der Waals surface area contributed by atoms with Gasteiger partial charge in [0.25, 0.3) is 5.76 Å². The molecule has 4 nitrogen and oxygen atoms in total. The van der Waals surface area contributed by atoms with E-state index in [0.29, 0.717) is 0 Å². The first kappa shape index (κ1) is 15.3. The number of carbonyl (C=O) groups is 1. The van der Waals surface area contributed by atoms with Crippen molar-refractivity contribution in [2.24, 2.45) is 0 Å². The summed E-state index contributed by atoms with van der Waals surface area (Å²) in [5.74, 6) is -3.02. The van der Waals surface area contributed by atoms with Gasteiger partial charge in [-0.25, -0.2) is 4.79 Å². The summed E-state index contributed by atoms with van der Waals surface area (Å²) in [4.78, 5) is 10.7. The maximum Gasteiger partial charge on any atom is 0.422 e. The molecule has 1 radical (unpaired) electrons. The molecule has 19 heavy (non-hydrogen) atoms. The first-order valence-electron chi connectivity index (χ1n) is 4.77. The Morgan fingerprint density at radius 3 is 2.26 bits per heavy atom. The van der Waals surface area contributed by atoms with E-state index in [4.69, 9.17) is 5.11 Å². The minimum absolute atomic E-state index is 0. The van der Waals surface area contributed by atoms with E-state index in [-0.39, 0.29) is 24.4 Å². The second-order valence-electron chi connectivity index (χ2n) is 3.40. The topological polar surface area (TPSA) is 63.3 Å². The zero-order valence-electron chi connectivity index (χ0n) is 9.73. The first-order valence-corrected chi connectivity index (χ1v) is 4.77. The fourth-order valence-corrected chi connectivity index (χ4v) is 1.49. The summed E-state index contributed by atoms with van der Waals surface area (Å²) >= 11 is 0. The first-order chi connectivity index (χ1) is 8.41. The molecule has 2 rings (SSSR count). The predicted octanol–water partition coefficient (Wildman–Crippen LogP) is 2.68. The fraction of sp³-hybridized carbons (Fsp3) is 0.0909. The van der Waals surface area contributed by atoms with Crippen molar-refractivity contribution in [2.45, 2.75) is 6.18 Å². The minimum Gasteiger partial charge on any atom is -0.475 e. The molecular weight excluding hydrogens is 258 g/mol. The normalized spacial score (nSPS) is 10.9. The average molecular weight is 264 g/mol. The summed E-state index contributed by atoms with van der Waals surface area (Å²) in [7, 11) is 0. The molecule has 2 aromatic rings. The van der Waals surface area contributed by atoms with Crippen LogP contribution in [-0.4, -0.2) is 35.1 Å². The van der Waals surface area contributed by atoms with Gasteiger partial charge in [0.1, 0.15) is 11.3 Å². The number of carboxylic acid groups (broad SMARTS) is 1. The Kier molecular flexibility index (Phi) is 4.45. The Balaban J connectivity index is 0.00000180.